The lowest BCUT2D eigenvalue weighted by Gasteiger charge is -2.03. The fraction of sp³-hybridized carbons (Fsp3) is 0.444. The van der Waals surface area contributed by atoms with Crippen molar-refractivity contribution in [1.29, 1.82) is 0 Å². The molecule has 0 aliphatic heterocycles. The van der Waals surface area contributed by atoms with Gasteiger partial charge in [0.15, 0.2) is 0 Å². The molecule has 0 amide bonds. The second-order valence-electron chi connectivity index (χ2n) is 2.62. The summed E-state index contributed by atoms with van der Waals surface area (Å²) in [6.07, 6.45) is 3.23. The number of nitrogens with zero attached hydrogens (tertiary/aromatic N) is 1. The van der Waals surface area contributed by atoms with Crippen LogP contribution in [0.4, 0.5) is 0 Å². The van der Waals surface area contributed by atoms with E-state index in [4.69, 9.17) is 10.0 Å². The van der Waals surface area contributed by atoms with Crippen LogP contribution in [0.15, 0.2) is 29.4 Å². The van der Waals surface area contributed by atoms with E-state index < -0.39 is 18.1 Å². The highest BCUT2D eigenvalue weighted by molar-refractivity contribution is 8.09. The Morgan fingerprint density at radius 1 is 1.41 bits per heavy atom. The predicted molar refractivity (Wildman–Crippen MR) is 72.6 cm³/mol. The molecule has 0 aliphatic rings. The molecule has 1 heterocycles. The molecule has 96 valence electrons. The van der Waals surface area contributed by atoms with Crippen LogP contribution in [-0.4, -0.2) is 37.9 Å². The quantitative estimate of drug-likeness (QED) is 0.518. The van der Waals surface area contributed by atoms with Crippen LogP contribution in [0.3, 0.4) is 0 Å². The molecule has 1 aromatic rings. The van der Waals surface area contributed by atoms with E-state index in [-0.39, 0.29) is 6.44 Å². The number of hydrogen-bond acceptors (Lipinski definition) is 5. The molecule has 0 fully saturated rings. The van der Waals surface area contributed by atoms with Crippen molar-refractivity contribution in [3.63, 3.8) is 0 Å². The summed E-state index contributed by atoms with van der Waals surface area (Å²) in [6, 6.07) is 3.64. The van der Waals surface area contributed by atoms with Crippen LogP contribution >= 0.6 is 11.8 Å². The molecule has 3 N–H and O–H groups in total. The van der Waals surface area contributed by atoms with Crippen LogP contribution in [0, 0.1) is 0 Å². The minimum atomic E-state index is -1.47. The molecule has 5 nitrogen and oxygen atoms in total. The molecule has 0 saturated heterocycles. The first kappa shape index (κ1) is 16.6. The van der Waals surface area contributed by atoms with Gasteiger partial charge in [0.2, 0.25) is 0 Å². The summed E-state index contributed by atoms with van der Waals surface area (Å²) < 4.78 is 13.8. The van der Waals surface area contributed by atoms with Gasteiger partial charge in [-0.3, -0.25) is 4.98 Å². The maximum atomic E-state index is 11.3. The molecule has 1 aromatic heterocycles. The number of hydrogen-bond donors (Lipinski definition) is 3. The van der Waals surface area contributed by atoms with E-state index in [2.05, 4.69) is 9.71 Å². The Kier molecular flexibility index (Phi) is 10.5. The van der Waals surface area contributed by atoms with Gasteiger partial charge in [0.25, 0.3) is 0 Å². The lowest BCUT2D eigenvalue weighted by molar-refractivity contribution is 0.405. The van der Waals surface area contributed by atoms with E-state index in [1.54, 1.807) is 12.4 Å². The zero-order valence-corrected chi connectivity index (χ0v) is 11.5. The molecule has 0 spiro atoms. The summed E-state index contributed by atoms with van der Waals surface area (Å²) in [5, 5.41) is 17.4. The maximum absolute atomic E-state index is 11.3. The van der Waals surface area contributed by atoms with Gasteiger partial charge < -0.3 is 10.0 Å². The summed E-state index contributed by atoms with van der Waals surface area (Å²) in [5.74, 6) is 0. The molecule has 0 aromatic carbocycles. The number of thioether (sulfide) groups is 1. The fourth-order valence-corrected chi connectivity index (χ4v) is 2.72. The highest BCUT2D eigenvalue weighted by atomic mass is 32.2. The van der Waals surface area contributed by atoms with E-state index in [1.165, 1.54) is 11.8 Å². The Bertz CT molecular complexity index is 314. The SMILES string of the molecule is CC.O=S(CSc1ccncc1)NCB(O)O. The second-order valence-corrected chi connectivity index (χ2v) is 5.30. The Balaban J connectivity index is 0.00000121. The molecule has 1 rings (SSSR count). The van der Waals surface area contributed by atoms with Gasteiger partial charge in [-0.05, 0) is 12.1 Å². The van der Waals surface area contributed by atoms with Crippen molar-refractivity contribution >= 4 is 29.9 Å². The minimum Gasteiger partial charge on any atom is -0.426 e. The van der Waals surface area contributed by atoms with Gasteiger partial charge >= 0.3 is 7.12 Å². The Morgan fingerprint density at radius 2 is 2.00 bits per heavy atom. The summed E-state index contributed by atoms with van der Waals surface area (Å²) in [6.45, 7) is 4.00. The van der Waals surface area contributed by atoms with Crippen molar-refractivity contribution in [3.8, 4) is 0 Å². The van der Waals surface area contributed by atoms with Gasteiger partial charge in [-0.15, -0.1) is 11.8 Å². The monoisotopic (exact) mass is 276 g/mol. The Labute approximate surface area is 109 Å². The van der Waals surface area contributed by atoms with Gasteiger partial charge in [-0.2, -0.15) is 0 Å². The minimum absolute atomic E-state index is 0.0937. The molecule has 0 radical (unpaired) electrons. The lowest BCUT2D eigenvalue weighted by atomic mass is 9.94. The molecular formula is C9H17BN2O3S2. The van der Waals surface area contributed by atoms with E-state index in [9.17, 15) is 4.21 Å². The standard InChI is InChI=1S/C7H11BN2O3S2.C2H6/c11-8(12)5-10-15(13)6-14-7-1-3-9-4-2-7;1-2/h1-4,10-12H,5-6H2;1-2H3. The normalized spacial score (nSPS) is 11.3. The van der Waals surface area contributed by atoms with Crippen molar-refractivity contribution < 1.29 is 14.3 Å². The van der Waals surface area contributed by atoms with Gasteiger partial charge in [0.05, 0.1) is 5.08 Å². The van der Waals surface area contributed by atoms with E-state index in [1.807, 2.05) is 26.0 Å². The topological polar surface area (TPSA) is 82.5 Å². The first-order valence-electron chi connectivity index (χ1n) is 5.19. The smallest absolute Gasteiger partial charge is 0.426 e. The average Bonchev–Trinajstić information content (AvgIpc) is 2.37. The summed E-state index contributed by atoms with van der Waals surface area (Å²) in [4.78, 5) is 4.84. The first-order valence-corrected chi connectivity index (χ1v) is 7.50. The maximum Gasteiger partial charge on any atom is 0.467 e. The molecule has 8 heteroatoms. The highest BCUT2D eigenvalue weighted by Gasteiger charge is 2.08. The molecule has 1 unspecified atom stereocenters. The lowest BCUT2D eigenvalue weighted by Crippen LogP contribution is -2.32. The fourth-order valence-electron chi connectivity index (χ4n) is 0.765. The van der Waals surface area contributed by atoms with Crippen molar-refractivity contribution in [1.82, 2.24) is 9.71 Å². The van der Waals surface area contributed by atoms with Crippen LogP contribution in [0.25, 0.3) is 0 Å². The van der Waals surface area contributed by atoms with Gasteiger partial charge in [0.1, 0.15) is 11.0 Å². The largest absolute Gasteiger partial charge is 0.467 e. The zero-order valence-electron chi connectivity index (χ0n) is 9.87. The van der Waals surface area contributed by atoms with E-state index in [0.717, 1.165) is 4.90 Å². The second kappa shape index (κ2) is 10.7. The number of nitrogens with one attached hydrogen (secondary N) is 1. The molecular weight excluding hydrogens is 259 g/mol. The number of pyridine rings is 1. The number of rotatable bonds is 6. The van der Waals surface area contributed by atoms with Crippen LogP contribution in [0.2, 0.25) is 0 Å². The van der Waals surface area contributed by atoms with Crippen LogP contribution < -0.4 is 4.72 Å². The third kappa shape index (κ3) is 9.31. The summed E-state index contributed by atoms with van der Waals surface area (Å²) in [5.41, 5.74) is 0. The Morgan fingerprint density at radius 3 is 2.53 bits per heavy atom. The van der Waals surface area contributed by atoms with Crippen molar-refractivity contribution in [2.24, 2.45) is 0 Å². The molecule has 0 aliphatic carbocycles. The molecule has 0 saturated carbocycles. The first-order chi connectivity index (χ1) is 8.18. The number of aromatic nitrogens is 1. The van der Waals surface area contributed by atoms with Gasteiger partial charge in [-0.25, -0.2) is 8.93 Å². The Hall–Kier alpha value is -0.405. The third-order valence-corrected chi connectivity index (χ3v) is 3.83. The summed E-state index contributed by atoms with van der Waals surface area (Å²) >= 11 is 1.41. The predicted octanol–water partition coefficient (Wildman–Crippen LogP) is 0.423. The molecule has 1 atom stereocenters. The van der Waals surface area contributed by atoms with Crippen molar-refractivity contribution in [3.05, 3.63) is 24.5 Å². The van der Waals surface area contributed by atoms with Crippen LogP contribution in [0.1, 0.15) is 13.8 Å². The highest BCUT2D eigenvalue weighted by Crippen LogP contribution is 2.16. The van der Waals surface area contributed by atoms with Crippen molar-refractivity contribution in [2.75, 3.05) is 11.5 Å². The third-order valence-electron chi connectivity index (χ3n) is 1.41. The summed E-state index contributed by atoms with van der Waals surface area (Å²) in [7, 11) is -2.74. The van der Waals surface area contributed by atoms with Crippen LogP contribution in [0.5, 0.6) is 0 Å². The van der Waals surface area contributed by atoms with E-state index in [0.29, 0.717) is 5.08 Å². The van der Waals surface area contributed by atoms with Crippen LogP contribution in [-0.2, 0) is 11.0 Å². The zero-order chi connectivity index (χ0) is 13.1. The van der Waals surface area contributed by atoms with E-state index >= 15 is 0 Å². The van der Waals surface area contributed by atoms with Gasteiger partial charge in [0, 0.05) is 23.7 Å². The van der Waals surface area contributed by atoms with Gasteiger partial charge in [-0.1, -0.05) is 13.8 Å². The molecule has 17 heavy (non-hydrogen) atoms. The van der Waals surface area contributed by atoms with Crippen molar-refractivity contribution in [2.45, 2.75) is 18.7 Å². The average molecular weight is 276 g/mol. The molecule has 0 bridgehead atoms.